The van der Waals surface area contributed by atoms with E-state index in [2.05, 4.69) is 204 Å². The summed E-state index contributed by atoms with van der Waals surface area (Å²) in [6.07, 6.45) is 1.86. The van der Waals surface area contributed by atoms with Crippen molar-refractivity contribution in [2.24, 2.45) is 0 Å². The lowest BCUT2D eigenvalue weighted by molar-refractivity contribution is 0.722. The van der Waals surface area contributed by atoms with Gasteiger partial charge in [0.1, 0.15) is 5.82 Å². The Hall–Kier alpha value is -6.92. The van der Waals surface area contributed by atoms with Gasteiger partial charge in [-0.05, 0) is 107 Å². The van der Waals surface area contributed by atoms with E-state index in [-0.39, 0.29) is 0 Å². The van der Waals surface area contributed by atoms with Crippen LogP contribution < -0.4 is 9.80 Å². The molecule has 0 atom stereocenters. The molecule has 0 bridgehead atoms. The number of hydrogen-bond donors (Lipinski definition) is 0. The van der Waals surface area contributed by atoms with Crippen LogP contribution in [0.5, 0.6) is 0 Å². The molecule has 8 aromatic carbocycles. The van der Waals surface area contributed by atoms with Crippen molar-refractivity contribution in [3.05, 3.63) is 235 Å². The summed E-state index contributed by atoms with van der Waals surface area (Å²) < 4.78 is 2.55. The Morgan fingerprint density at radius 1 is 0.407 bits per heavy atom. The monoisotopic (exact) mass is 789 g/mol. The number of rotatable bonds is 6. The van der Waals surface area contributed by atoms with Gasteiger partial charge in [0.25, 0.3) is 0 Å². The minimum Gasteiger partial charge on any atom is -0.309 e. The molecule has 2 aliphatic rings. The van der Waals surface area contributed by atoms with Crippen molar-refractivity contribution in [1.29, 1.82) is 0 Å². The highest BCUT2D eigenvalue weighted by molar-refractivity contribution is 7.99. The normalized spacial score (nSPS) is 13.2. The van der Waals surface area contributed by atoms with Crippen LogP contribution in [-0.2, 0) is 5.41 Å². The van der Waals surface area contributed by atoms with Crippen molar-refractivity contribution < 1.29 is 0 Å². The fraction of sp³-hybridized carbons (Fsp3) is 0.0185. The number of para-hydroxylation sites is 1. The van der Waals surface area contributed by atoms with E-state index in [0.29, 0.717) is 0 Å². The largest absolute Gasteiger partial charge is 0.309 e. The second-order valence-electron chi connectivity index (χ2n) is 15.1. The molecule has 10 aromatic rings. The maximum Gasteiger partial charge on any atom is 0.137 e. The smallest absolute Gasteiger partial charge is 0.137 e. The summed E-state index contributed by atoms with van der Waals surface area (Å²) >= 11 is 3.75. The van der Waals surface area contributed by atoms with E-state index in [1.165, 1.54) is 63.3 Å². The van der Waals surface area contributed by atoms with Crippen LogP contribution in [0.1, 0.15) is 22.3 Å². The van der Waals surface area contributed by atoms with Crippen molar-refractivity contribution >= 4 is 77.5 Å². The molecule has 0 fully saturated rings. The molecule has 59 heavy (non-hydrogen) atoms. The number of pyridine rings is 1. The molecule has 0 saturated heterocycles. The standard InChI is InChI=1S/C54H35N3S2/c1-2-16-36(17-3-1)56(51-30-12-13-35-55-51)37-31-33-38(34-32-37)57(47-26-15-21-42-40-19-5-9-27-48(40)59-53(42)47)46-25-14-20-41-39-18-4-6-22-43(39)54(52(41)46)44-23-7-10-28-49(44)58-50-29-11-8-24-45(50)54/h1-35H. The van der Waals surface area contributed by atoms with Gasteiger partial charge in [0.05, 0.1) is 21.5 Å². The number of fused-ring (bicyclic) bond motifs is 12. The molecule has 1 aliphatic carbocycles. The Kier molecular flexibility index (Phi) is 7.87. The molecule has 0 amide bonds. The number of hydrogen-bond acceptors (Lipinski definition) is 5. The highest BCUT2D eigenvalue weighted by Crippen LogP contribution is 2.65. The Morgan fingerprint density at radius 2 is 0.983 bits per heavy atom. The third-order valence-electron chi connectivity index (χ3n) is 12.0. The molecule has 0 saturated carbocycles. The average Bonchev–Trinajstić information content (AvgIpc) is 3.83. The van der Waals surface area contributed by atoms with Crippen LogP contribution >= 0.6 is 23.1 Å². The third kappa shape index (κ3) is 5.12. The van der Waals surface area contributed by atoms with Crippen LogP contribution in [0, 0.1) is 0 Å². The molecule has 3 nitrogen and oxygen atoms in total. The average molecular weight is 790 g/mol. The second kappa shape index (κ2) is 13.6. The van der Waals surface area contributed by atoms with Gasteiger partial charge in [-0.15, -0.1) is 11.3 Å². The molecule has 278 valence electrons. The molecular formula is C54H35N3S2. The SMILES string of the molecule is c1ccc(N(c2ccc(N(c3cccc4c3C3(c5ccccc5Sc5ccccc53)c3ccccc3-4)c3cccc4c3sc3ccccc34)cc2)c2ccccn2)cc1. The Balaban J connectivity index is 1.15. The molecule has 5 heteroatoms. The van der Waals surface area contributed by atoms with Gasteiger partial charge in [0.2, 0.25) is 0 Å². The maximum atomic E-state index is 4.80. The minimum atomic E-state index is -0.545. The van der Waals surface area contributed by atoms with Gasteiger partial charge in [-0.1, -0.05) is 139 Å². The number of aromatic nitrogens is 1. The molecule has 0 N–H and O–H groups in total. The number of thiophene rings is 1. The summed E-state index contributed by atoms with van der Waals surface area (Å²) in [5.41, 5.74) is 12.8. The first-order valence-electron chi connectivity index (χ1n) is 20.0. The molecule has 12 rings (SSSR count). The summed E-state index contributed by atoms with van der Waals surface area (Å²) in [7, 11) is 0. The first-order chi connectivity index (χ1) is 29.3. The lowest BCUT2D eigenvalue weighted by Crippen LogP contribution is -2.33. The molecule has 0 radical (unpaired) electrons. The summed E-state index contributed by atoms with van der Waals surface area (Å²) in [6.45, 7) is 0. The fourth-order valence-electron chi connectivity index (χ4n) is 9.62. The summed E-state index contributed by atoms with van der Waals surface area (Å²) in [5.74, 6) is 0.867. The van der Waals surface area contributed by atoms with Gasteiger partial charge >= 0.3 is 0 Å². The Bertz CT molecular complexity index is 3130. The maximum absolute atomic E-state index is 4.80. The summed E-state index contributed by atoms with van der Waals surface area (Å²) in [5, 5.41) is 2.55. The van der Waals surface area contributed by atoms with E-state index >= 15 is 0 Å². The van der Waals surface area contributed by atoms with Crippen molar-refractivity contribution in [1.82, 2.24) is 4.98 Å². The number of nitrogens with zero attached hydrogens (tertiary/aromatic N) is 3. The summed E-state index contributed by atoms with van der Waals surface area (Å²) in [4.78, 5) is 12.1. The molecule has 1 spiro atoms. The Labute approximate surface area is 351 Å². The van der Waals surface area contributed by atoms with Gasteiger partial charge in [0, 0.05) is 54.1 Å². The second-order valence-corrected chi connectivity index (χ2v) is 17.2. The van der Waals surface area contributed by atoms with E-state index in [1.807, 2.05) is 41.4 Å². The van der Waals surface area contributed by atoms with Gasteiger partial charge in [-0.3, -0.25) is 4.90 Å². The minimum absolute atomic E-state index is 0.545. The van der Waals surface area contributed by atoms with Crippen LogP contribution in [0.4, 0.5) is 34.3 Å². The van der Waals surface area contributed by atoms with Crippen molar-refractivity contribution in [2.45, 2.75) is 15.2 Å². The molecule has 1 aliphatic heterocycles. The van der Waals surface area contributed by atoms with E-state index in [9.17, 15) is 0 Å². The molecule has 0 unspecified atom stereocenters. The molecule has 3 heterocycles. The van der Waals surface area contributed by atoms with Crippen LogP contribution in [-0.4, -0.2) is 4.98 Å². The predicted molar refractivity (Wildman–Crippen MR) is 248 cm³/mol. The van der Waals surface area contributed by atoms with E-state index < -0.39 is 5.41 Å². The quantitative estimate of drug-likeness (QED) is 0.167. The lowest BCUT2D eigenvalue weighted by atomic mass is 9.66. The first kappa shape index (κ1) is 34.1. The molecular weight excluding hydrogens is 755 g/mol. The zero-order chi connectivity index (χ0) is 38.9. The van der Waals surface area contributed by atoms with Gasteiger partial charge in [-0.2, -0.15) is 0 Å². The fourth-order valence-corrected chi connectivity index (χ4v) is 12.0. The van der Waals surface area contributed by atoms with Crippen LogP contribution in [0.2, 0.25) is 0 Å². The third-order valence-corrected chi connectivity index (χ3v) is 14.3. The zero-order valence-corrected chi connectivity index (χ0v) is 33.5. The highest BCUT2D eigenvalue weighted by Gasteiger charge is 2.52. The van der Waals surface area contributed by atoms with Gasteiger partial charge < -0.3 is 4.90 Å². The van der Waals surface area contributed by atoms with Crippen LogP contribution in [0.15, 0.2) is 222 Å². The van der Waals surface area contributed by atoms with E-state index in [0.717, 1.165) is 34.3 Å². The van der Waals surface area contributed by atoms with E-state index in [4.69, 9.17) is 4.98 Å². The van der Waals surface area contributed by atoms with Crippen LogP contribution in [0.25, 0.3) is 31.3 Å². The molecule has 2 aromatic heterocycles. The number of anilines is 6. The van der Waals surface area contributed by atoms with Crippen molar-refractivity contribution in [3.8, 4) is 11.1 Å². The van der Waals surface area contributed by atoms with Crippen LogP contribution in [0.3, 0.4) is 0 Å². The predicted octanol–water partition coefficient (Wildman–Crippen LogP) is 15.2. The van der Waals surface area contributed by atoms with E-state index in [1.54, 1.807) is 0 Å². The van der Waals surface area contributed by atoms with Crippen molar-refractivity contribution in [3.63, 3.8) is 0 Å². The first-order valence-corrected chi connectivity index (χ1v) is 21.6. The summed E-state index contributed by atoms with van der Waals surface area (Å²) in [6, 6.07) is 75.4. The van der Waals surface area contributed by atoms with Crippen molar-refractivity contribution in [2.75, 3.05) is 9.80 Å². The topological polar surface area (TPSA) is 19.4 Å². The van der Waals surface area contributed by atoms with Gasteiger partial charge in [-0.25, -0.2) is 4.98 Å². The number of benzene rings is 8. The lowest BCUT2D eigenvalue weighted by Gasteiger charge is -2.42. The van der Waals surface area contributed by atoms with Gasteiger partial charge in [0.15, 0.2) is 0 Å². The zero-order valence-electron chi connectivity index (χ0n) is 31.9. The Morgan fingerprint density at radius 3 is 1.75 bits per heavy atom. The highest BCUT2D eigenvalue weighted by atomic mass is 32.2.